The van der Waals surface area contributed by atoms with E-state index < -0.39 is 10.0 Å². The number of nitrogens with zero attached hydrogens (tertiary/aromatic N) is 2. The van der Waals surface area contributed by atoms with Crippen LogP contribution in [0.1, 0.15) is 38.5 Å². The molecule has 1 saturated heterocycles. The number of hydrogen-bond donors (Lipinski definition) is 1. The molecular weight excluding hydrogens is 402 g/mol. The third-order valence-corrected chi connectivity index (χ3v) is 7.69. The van der Waals surface area contributed by atoms with E-state index in [-0.39, 0.29) is 22.8 Å². The van der Waals surface area contributed by atoms with Crippen LogP contribution in [0.2, 0.25) is 0 Å². The third kappa shape index (κ3) is 4.82. The van der Waals surface area contributed by atoms with E-state index >= 15 is 0 Å². The quantitative estimate of drug-likeness (QED) is 0.760. The maximum atomic E-state index is 12.7. The summed E-state index contributed by atoms with van der Waals surface area (Å²) in [5, 5.41) is 2.97. The Hall–Kier alpha value is -2.45. The van der Waals surface area contributed by atoms with Crippen LogP contribution in [0.4, 0.5) is 5.69 Å². The fraction of sp³-hybridized carbons (Fsp3) is 0.455. The lowest BCUT2D eigenvalue weighted by atomic mass is 9.97. The molecule has 160 valence electrons. The number of carbonyl (C=O) groups excluding carboxylic acids is 1. The minimum absolute atomic E-state index is 0.0774. The number of hydrogen-bond acceptors (Lipinski definition) is 5. The first kappa shape index (κ1) is 20.8. The molecule has 7 nitrogen and oxygen atoms in total. The highest BCUT2D eigenvalue weighted by atomic mass is 32.2. The van der Waals surface area contributed by atoms with E-state index in [4.69, 9.17) is 4.74 Å². The molecule has 2 heterocycles. The summed E-state index contributed by atoms with van der Waals surface area (Å²) in [5.74, 6) is 0.480. The summed E-state index contributed by atoms with van der Waals surface area (Å²) in [6.45, 7) is 0.639. The largest absolute Gasteiger partial charge is 0.490 e. The monoisotopic (exact) mass is 429 g/mol. The first-order valence-corrected chi connectivity index (χ1v) is 11.9. The van der Waals surface area contributed by atoms with Crippen molar-refractivity contribution < 1.29 is 17.9 Å². The van der Waals surface area contributed by atoms with Gasteiger partial charge in [-0.25, -0.2) is 8.42 Å². The Morgan fingerprint density at radius 1 is 1.07 bits per heavy atom. The van der Waals surface area contributed by atoms with Gasteiger partial charge in [-0.3, -0.25) is 9.78 Å². The third-order valence-electron chi connectivity index (χ3n) is 5.80. The van der Waals surface area contributed by atoms with Crippen LogP contribution in [-0.4, -0.2) is 42.8 Å². The number of carbonyl (C=O) groups is 1. The first-order valence-electron chi connectivity index (χ1n) is 10.5. The summed E-state index contributed by atoms with van der Waals surface area (Å²) in [5.41, 5.74) is 0.709. The van der Waals surface area contributed by atoms with Gasteiger partial charge in [0.1, 0.15) is 10.6 Å². The molecule has 1 N–H and O–H groups in total. The first-order chi connectivity index (χ1) is 14.5. The van der Waals surface area contributed by atoms with Crippen LogP contribution in [0, 0.1) is 5.92 Å². The highest BCUT2D eigenvalue weighted by Gasteiger charge is 2.32. The van der Waals surface area contributed by atoms with Gasteiger partial charge in [-0.05, 0) is 62.8 Å². The lowest BCUT2D eigenvalue weighted by Crippen LogP contribution is -2.41. The van der Waals surface area contributed by atoms with Gasteiger partial charge in [0.25, 0.3) is 0 Å². The molecule has 30 heavy (non-hydrogen) atoms. The maximum absolute atomic E-state index is 12.7. The Labute approximate surface area is 177 Å². The van der Waals surface area contributed by atoms with E-state index in [9.17, 15) is 13.2 Å². The Kier molecular flexibility index (Phi) is 6.34. The number of pyridine rings is 1. The molecule has 1 aliphatic heterocycles. The molecule has 1 aromatic heterocycles. The second kappa shape index (κ2) is 9.14. The van der Waals surface area contributed by atoms with Crippen LogP contribution in [0.3, 0.4) is 0 Å². The Bertz CT molecular complexity index is 967. The van der Waals surface area contributed by atoms with Gasteiger partial charge in [0.15, 0.2) is 0 Å². The number of anilines is 1. The van der Waals surface area contributed by atoms with Crippen LogP contribution in [0.25, 0.3) is 0 Å². The number of nitrogens with one attached hydrogen (secondary N) is 1. The van der Waals surface area contributed by atoms with Gasteiger partial charge in [-0.15, -0.1) is 0 Å². The second-order valence-electron chi connectivity index (χ2n) is 7.91. The minimum atomic E-state index is -3.56. The van der Waals surface area contributed by atoms with Gasteiger partial charge < -0.3 is 10.1 Å². The van der Waals surface area contributed by atoms with Gasteiger partial charge >= 0.3 is 0 Å². The molecule has 1 aromatic carbocycles. The van der Waals surface area contributed by atoms with Crippen LogP contribution >= 0.6 is 0 Å². The Morgan fingerprint density at radius 2 is 1.83 bits per heavy atom. The van der Waals surface area contributed by atoms with Crippen molar-refractivity contribution in [1.82, 2.24) is 9.29 Å². The number of benzene rings is 1. The van der Waals surface area contributed by atoms with Crippen LogP contribution < -0.4 is 10.1 Å². The van der Waals surface area contributed by atoms with Crippen molar-refractivity contribution in [1.29, 1.82) is 0 Å². The zero-order valence-electron chi connectivity index (χ0n) is 16.9. The summed E-state index contributed by atoms with van der Waals surface area (Å²) >= 11 is 0. The lowest BCUT2D eigenvalue weighted by Gasteiger charge is -2.30. The Morgan fingerprint density at radius 3 is 2.53 bits per heavy atom. The number of aromatic nitrogens is 1. The molecule has 1 aliphatic carbocycles. The molecule has 8 heteroatoms. The molecule has 0 spiro atoms. The second-order valence-corrected chi connectivity index (χ2v) is 9.85. The van der Waals surface area contributed by atoms with Crippen molar-refractivity contribution in [2.45, 2.75) is 49.5 Å². The van der Waals surface area contributed by atoms with E-state index in [0.717, 1.165) is 18.6 Å². The average molecular weight is 430 g/mol. The zero-order chi connectivity index (χ0) is 21.0. The molecule has 2 aliphatic rings. The lowest BCUT2D eigenvalue weighted by molar-refractivity contribution is -0.120. The molecule has 1 saturated carbocycles. The van der Waals surface area contributed by atoms with Gasteiger partial charge in [0.05, 0.1) is 6.10 Å². The van der Waals surface area contributed by atoms with Gasteiger partial charge in [-0.2, -0.15) is 4.31 Å². The van der Waals surface area contributed by atoms with E-state index in [0.29, 0.717) is 31.6 Å². The minimum Gasteiger partial charge on any atom is -0.490 e. The average Bonchev–Trinajstić information content (AvgIpc) is 3.28. The van der Waals surface area contributed by atoms with Crippen LogP contribution in [0.5, 0.6) is 5.75 Å². The SMILES string of the molecule is O=C(Nc1cccc(OC2CCCC2)c1)C1CCN(S(=O)(=O)c2cccnc2)CC1. The highest BCUT2D eigenvalue weighted by Crippen LogP contribution is 2.27. The molecule has 2 aromatic rings. The number of ether oxygens (including phenoxy) is 1. The molecule has 0 radical (unpaired) electrons. The zero-order valence-corrected chi connectivity index (χ0v) is 17.7. The Balaban J connectivity index is 1.32. The van der Waals surface area contributed by atoms with Crippen molar-refractivity contribution >= 4 is 21.6 Å². The molecule has 1 amide bonds. The maximum Gasteiger partial charge on any atom is 0.244 e. The number of amides is 1. The smallest absolute Gasteiger partial charge is 0.244 e. The van der Waals surface area contributed by atoms with Crippen LogP contribution in [-0.2, 0) is 14.8 Å². The predicted octanol–water partition coefficient (Wildman–Crippen LogP) is 3.44. The summed E-state index contributed by atoms with van der Waals surface area (Å²) in [4.78, 5) is 16.8. The normalized spacial score (nSPS) is 18.9. The van der Waals surface area contributed by atoms with Crippen molar-refractivity contribution in [3.63, 3.8) is 0 Å². The number of rotatable bonds is 6. The predicted molar refractivity (Wildman–Crippen MR) is 114 cm³/mol. The van der Waals surface area contributed by atoms with E-state index in [1.807, 2.05) is 24.3 Å². The highest BCUT2D eigenvalue weighted by molar-refractivity contribution is 7.89. The van der Waals surface area contributed by atoms with Crippen molar-refractivity contribution in [3.8, 4) is 5.75 Å². The van der Waals surface area contributed by atoms with E-state index in [1.54, 1.807) is 18.3 Å². The van der Waals surface area contributed by atoms with Crippen molar-refractivity contribution in [2.75, 3.05) is 18.4 Å². The fourth-order valence-electron chi connectivity index (χ4n) is 4.10. The molecule has 0 atom stereocenters. The van der Waals surface area contributed by atoms with Crippen molar-refractivity contribution in [2.24, 2.45) is 5.92 Å². The van der Waals surface area contributed by atoms with Gasteiger partial charge in [0.2, 0.25) is 15.9 Å². The van der Waals surface area contributed by atoms with E-state index in [1.165, 1.54) is 23.3 Å². The molecule has 0 unspecified atom stereocenters. The summed E-state index contributed by atoms with van der Waals surface area (Å²) in [7, 11) is -3.56. The summed E-state index contributed by atoms with van der Waals surface area (Å²) in [6.07, 6.45) is 8.72. The van der Waals surface area contributed by atoms with E-state index in [2.05, 4.69) is 10.3 Å². The molecular formula is C22H27N3O4S. The van der Waals surface area contributed by atoms with Gasteiger partial charge in [-0.1, -0.05) is 6.07 Å². The molecule has 2 fully saturated rings. The number of sulfonamides is 1. The molecule has 4 rings (SSSR count). The summed E-state index contributed by atoms with van der Waals surface area (Å²) < 4.78 is 32.9. The number of piperidine rings is 1. The topological polar surface area (TPSA) is 88.6 Å². The summed E-state index contributed by atoms with van der Waals surface area (Å²) in [6, 6.07) is 10.7. The van der Waals surface area contributed by atoms with Crippen molar-refractivity contribution in [3.05, 3.63) is 48.8 Å². The fourth-order valence-corrected chi connectivity index (χ4v) is 5.53. The van der Waals surface area contributed by atoms with Gasteiger partial charge in [0, 0.05) is 43.2 Å². The van der Waals surface area contributed by atoms with Crippen LogP contribution in [0.15, 0.2) is 53.7 Å². The molecule has 0 bridgehead atoms. The standard InChI is InChI=1S/C22H27N3O4S/c26-22(24-18-5-3-8-20(15-18)29-19-6-1-2-7-19)17-10-13-25(14-11-17)30(27,28)21-9-4-12-23-16-21/h3-5,8-9,12,15-17,19H,1-2,6-7,10-11,13-14H2,(H,24,26).